The lowest BCUT2D eigenvalue weighted by Crippen LogP contribution is -2.36. The van der Waals surface area contributed by atoms with E-state index in [0.29, 0.717) is 12.3 Å². The Balaban J connectivity index is 1.38. The molecule has 2 aromatic rings. The zero-order valence-corrected chi connectivity index (χ0v) is 16.1. The molecule has 0 aromatic heterocycles. The van der Waals surface area contributed by atoms with Crippen molar-refractivity contribution < 1.29 is 9.53 Å². The van der Waals surface area contributed by atoms with Gasteiger partial charge < -0.3 is 15.0 Å². The van der Waals surface area contributed by atoms with Gasteiger partial charge in [-0.3, -0.25) is 4.79 Å². The highest BCUT2D eigenvalue weighted by Gasteiger charge is 2.10. The van der Waals surface area contributed by atoms with E-state index in [-0.39, 0.29) is 5.91 Å². The third-order valence-corrected chi connectivity index (χ3v) is 5.39. The van der Waals surface area contributed by atoms with E-state index in [1.807, 2.05) is 0 Å². The van der Waals surface area contributed by atoms with Gasteiger partial charge in [0.25, 0.3) is 0 Å². The number of ether oxygens (including phenoxy) is 1. The number of morpholine rings is 1. The summed E-state index contributed by atoms with van der Waals surface area (Å²) >= 11 is 1.65. The van der Waals surface area contributed by atoms with Gasteiger partial charge in [-0.2, -0.15) is 0 Å². The molecule has 1 heterocycles. The van der Waals surface area contributed by atoms with E-state index in [2.05, 4.69) is 65.7 Å². The molecular formula is C21H26N2O2S. The van der Waals surface area contributed by atoms with E-state index in [1.165, 1.54) is 16.8 Å². The lowest BCUT2D eigenvalue weighted by molar-refractivity contribution is -0.118. The lowest BCUT2D eigenvalue weighted by Gasteiger charge is -2.28. The number of nitrogens with zero attached hydrogens (tertiary/aromatic N) is 1. The average Bonchev–Trinajstić information content (AvgIpc) is 2.68. The fourth-order valence-electron chi connectivity index (χ4n) is 2.96. The molecule has 2 aromatic carbocycles. The maximum Gasteiger partial charge on any atom is 0.230 e. The van der Waals surface area contributed by atoms with E-state index in [9.17, 15) is 4.79 Å². The molecule has 26 heavy (non-hydrogen) atoms. The van der Waals surface area contributed by atoms with E-state index in [4.69, 9.17) is 4.74 Å². The first kappa shape index (κ1) is 18.8. The van der Waals surface area contributed by atoms with Gasteiger partial charge in [0.05, 0.1) is 19.0 Å². The smallest absolute Gasteiger partial charge is 0.230 e. The number of rotatable bonds is 7. The van der Waals surface area contributed by atoms with Gasteiger partial charge >= 0.3 is 0 Å². The molecule has 138 valence electrons. The van der Waals surface area contributed by atoms with Crippen LogP contribution in [0.3, 0.4) is 0 Å². The molecule has 0 saturated carbocycles. The molecule has 5 heteroatoms. The van der Waals surface area contributed by atoms with Gasteiger partial charge in [0.2, 0.25) is 5.91 Å². The number of amides is 1. The number of carbonyl (C=O) groups is 1. The van der Waals surface area contributed by atoms with Crippen molar-refractivity contribution in [3.63, 3.8) is 0 Å². The Bertz CT molecular complexity index is 712. The van der Waals surface area contributed by atoms with Crippen molar-refractivity contribution in [3.05, 3.63) is 65.2 Å². The van der Waals surface area contributed by atoms with Gasteiger partial charge in [-0.05, 0) is 30.2 Å². The van der Waals surface area contributed by atoms with E-state index in [1.54, 1.807) is 11.8 Å². The summed E-state index contributed by atoms with van der Waals surface area (Å²) in [6.07, 6.45) is 0. The fraction of sp³-hybridized carbons (Fsp3) is 0.381. The molecule has 1 aliphatic rings. The Morgan fingerprint density at radius 2 is 1.88 bits per heavy atom. The molecule has 0 spiro atoms. The second-order valence-corrected chi connectivity index (χ2v) is 7.51. The van der Waals surface area contributed by atoms with Crippen molar-refractivity contribution in [3.8, 4) is 0 Å². The Labute approximate surface area is 159 Å². The molecule has 0 atom stereocenters. The number of anilines is 1. The summed E-state index contributed by atoms with van der Waals surface area (Å²) in [6, 6.07) is 16.8. The Morgan fingerprint density at radius 3 is 2.62 bits per heavy atom. The van der Waals surface area contributed by atoms with Crippen LogP contribution in [0.5, 0.6) is 0 Å². The van der Waals surface area contributed by atoms with Crippen molar-refractivity contribution in [1.82, 2.24) is 5.32 Å². The number of thioether (sulfide) groups is 1. The van der Waals surface area contributed by atoms with Crippen molar-refractivity contribution >= 4 is 23.4 Å². The lowest BCUT2D eigenvalue weighted by atomic mass is 10.2. The Hall–Kier alpha value is -1.98. The van der Waals surface area contributed by atoms with Crippen molar-refractivity contribution in [2.24, 2.45) is 0 Å². The molecular weight excluding hydrogens is 344 g/mol. The molecule has 3 rings (SSSR count). The topological polar surface area (TPSA) is 41.6 Å². The monoisotopic (exact) mass is 370 g/mol. The third-order valence-electron chi connectivity index (χ3n) is 4.39. The quantitative estimate of drug-likeness (QED) is 0.811. The second kappa shape index (κ2) is 9.64. The summed E-state index contributed by atoms with van der Waals surface area (Å²) in [5.74, 6) is 1.43. The molecule has 1 saturated heterocycles. The van der Waals surface area contributed by atoms with Crippen LogP contribution in [0.4, 0.5) is 5.69 Å². The van der Waals surface area contributed by atoms with E-state index >= 15 is 0 Å². The highest BCUT2D eigenvalue weighted by Crippen LogP contribution is 2.17. The first-order valence-corrected chi connectivity index (χ1v) is 10.2. The molecule has 0 radical (unpaired) electrons. The molecule has 0 aliphatic carbocycles. The first-order chi connectivity index (χ1) is 12.7. The first-order valence-electron chi connectivity index (χ1n) is 9.02. The van der Waals surface area contributed by atoms with Gasteiger partial charge in [0, 0.05) is 31.1 Å². The van der Waals surface area contributed by atoms with Crippen LogP contribution in [-0.4, -0.2) is 38.0 Å². The number of benzene rings is 2. The van der Waals surface area contributed by atoms with Crippen LogP contribution >= 0.6 is 11.8 Å². The number of carbonyl (C=O) groups excluding carboxylic acids is 1. The molecule has 1 N–H and O–H groups in total. The van der Waals surface area contributed by atoms with Crippen LogP contribution in [0.1, 0.15) is 16.7 Å². The summed E-state index contributed by atoms with van der Waals surface area (Å²) in [5, 5.41) is 3.00. The minimum Gasteiger partial charge on any atom is -0.378 e. The Kier molecular flexibility index (Phi) is 6.97. The largest absolute Gasteiger partial charge is 0.378 e. The summed E-state index contributed by atoms with van der Waals surface area (Å²) in [5.41, 5.74) is 4.87. The standard InChI is InChI=1S/C21H26N2O2S/c1-17-3-2-4-19(13-17)15-26-16-21(24)22-14-18-5-7-20(8-6-18)23-9-11-25-12-10-23/h2-8,13H,9-12,14-16H2,1H3,(H,22,24). The summed E-state index contributed by atoms with van der Waals surface area (Å²) in [7, 11) is 0. The van der Waals surface area contributed by atoms with Gasteiger partial charge in [0.15, 0.2) is 0 Å². The average molecular weight is 371 g/mol. The Morgan fingerprint density at radius 1 is 1.12 bits per heavy atom. The summed E-state index contributed by atoms with van der Waals surface area (Å²) < 4.78 is 5.38. The maximum atomic E-state index is 12.0. The number of hydrogen-bond donors (Lipinski definition) is 1. The van der Waals surface area contributed by atoms with Crippen LogP contribution in [-0.2, 0) is 21.8 Å². The number of nitrogens with one attached hydrogen (secondary N) is 1. The minimum atomic E-state index is 0.0832. The number of aryl methyl sites for hydroxylation is 1. The van der Waals surface area contributed by atoms with Crippen LogP contribution in [0, 0.1) is 6.92 Å². The van der Waals surface area contributed by atoms with Crippen molar-refractivity contribution in [1.29, 1.82) is 0 Å². The summed E-state index contributed by atoms with van der Waals surface area (Å²) in [6.45, 7) is 6.12. The highest BCUT2D eigenvalue weighted by molar-refractivity contribution is 7.99. The normalized spacial score (nSPS) is 14.3. The maximum absolute atomic E-state index is 12.0. The van der Waals surface area contributed by atoms with Gasteiger partial charge in [-0.15, -0.1) is 11.8 Å². The third kappa shape index (κ3) is 5.78. The van der Waals surface area contributed by atoms with Crippen LogP contribution < -0.4 is 10.2 Å². The molecule has 4 nitrogen and oxygen atoms in total. The minimum absolute atomic E-state index is 0.0832. The highest BCUT2D eigenvalue weighted by atomic mass is 32.2. The van der Waals surface area contributed by atoms with E-state index < -0.39 is 0 Å². The van der Waals surface area contributed by atoms with Crippen LogP contribution in [0.2, 0.25) is 0 Å². The van der Waals surface area contributed by atoms with Crippen molar-refractivity contribution in [2.75, 3.05) is 37.0 Å². The fourth-order valence-corrected chi connectivity index (χ4v) is 3.77. The van der Waals surface area contributed by atoms with E-state index in [0.717, 1.165) is 37.6 Å². The summed E-state index contributed by atoms with van der Waals surface area (Å²) in [4.78, 5) is 14.4. The van der Waals surface area contributed by atoms with Crippen LogP contribution in [0.25, 0.3) is 0 Å². The molecule has 0 unspecified atom stereocenters. The molecule has 0 bridgehead atoms. The zero-order chi connectivity index (χ0) is 18.2. The van der Waals surface area contributed by atoms with Crippen LogP contribution in [0.15, 0.2) is 48.5 Å². The van der Waals surface area contributed by atoms with Gasteiger partial charge in [-0.25, -0.2) is 0 Å². The predicted octanol–water partition coefficient (Wildman–Crippen LogP) is 3.38. The number of hydrogen-bond acceptors (Lipinski definition) is 4. The van der Waals surface area contributed by atoms with Gasteiger partial charge in [-0.1, -0.05) is 42.0 Å². The SMILES string of the molecule is Cc1cccc(CSCC(=O)NCc2ccc(N3CCOCC3)cc2)c1. The van der Waals surface area contributed by atoms with Gasteiger partial charge in [0.1, 0.15) is 0 Å². The predicted molar refractivity (Wildman–Crippen MR) is 109 cm³/mol. The zero-order valence-electron chi connectivity index (χ0n) is 15.2. The molecule has 1 amide bonds. The molecule has 1 fully saturated rings. The molecule has 1 aliphatic heterocycles. The second-order valence-electron chi connectivity index (χ2n) is 6.52. The van der Waals surface area contributed by atoms with Crippen molar-refractivity contribution in [2.45, 2.75) is 19.2 Å².